The lowest BCUT2D eigenvalue weighted by Crippen LogP contribution is -2.08. The zero-order valence-electron chi connectivity index (χ0n) is 12.2. The van der Waals surface area contributed by atoms with Crippen molar-refractivity contribution in [3.8, 4) is 0 Å². The number of benzene rings is 1. The number of hydrogen-bond acceptors (Lipinski definition) is 5. The Morgan fingerprint density at radius 1 is 1.08 bits per heavy atom. The van der Waals surface area contributed by atoms with E-state index < -0.39 is 17.9 Å². The monoisotopic (exact) mass is 342 g/mol. The Kier molecular flexibility index (Phi) is 2.79. The minimum Gasteiger partial charge on any atom is -0.478 e. The van der Waals surface area contributed by atoms with E-state index in [2.05, 4.69) is 15.0 Å². The van der Waals surface area contributed by atoms with Gasteiger partial charge in [0, 0.05) is 5.39 Å². The molecule has 0 amide bonds. The van der Waals surface area contributed by atoms with Gasteiger partial charge >= 0.3 is 24.3 Å². The van der Waals surface area contributed by atoms with Crippen molar-refractivity contribution in [2.75, 3.05) is 0 Å². The molecule has 124 valence electrons. The fourth-order valence-electron chi connectivity index (χ4n) is 2.85. The minimum absolute atomic E-state index is 0.0881. The Morgan fingerprint density at radius 2 is 1.84 bits per heavy atom. The van der Waals surface area contributed by atoms with E-state index in [0.717, 1.165) is 6.07 Å². The molecular formula is C15H8N3O7+. The van der Waals surface area contributed by atoms with Crippen LogP contribution < -0.4 is 4.98 Å². The average Bonchev–Trinajstić information content (AvgIpc) is 3.20. The van der Waals surface area contributed by atoms with E-state index >= 15 is 0 Å². The van der Waals surface area contributed by atoms with Gasteiger partial charge in [-0.3, -0.25) is 0 Å². The molecule has 0 aliphatic rings. The summed E-state index contributed by atoms with van der Waals surface area (Å²) in [7, 11) is 0. The van der Waals surface area contributed by atoms with E-state index in [-0.39, 0.29) is 39.0 Å². The van der Waals surface area contributed by atoms with Crippen molar-refractivity contribution >= 4 is 50.8 Å². The highest BCUT2D eigenvalue weighted by Crippen LogP contribution is 2.35. The molecule has 0 unspecified atom stereocenters. The number of carbonyl (C=O) groups is 3. The summed E-state index contributed by atoms with van der Waals surface area (Å²) in [6, 6.07) is 2.24. The summed E-state index contributed by atoms with van der Waals surface area (Å²) in [6.07, 6.45) is 1.22. The van der Waals surface area contributed by atoms with E-state index in [4.69, 9.17) is 4.42 Å². The van der Waals surface area contributed by atoms with Gasteiger partial charge in [0.1, 0.15) is 16.9 Å². The van der Waals surface area contributed by atoms with Gasteiger partial charge in [-0.25, -0.2) is 19.4 Å². The summed E-state index contributed by atoms with van der Waals surface area (Å²) >= 11 is 0. The highest BCUT2D eigenvalue weighted by molar-refractivity contribution is 6.25. The predicted octanol–water partition coefficient (Wildman–Crippen LogP) is 1.37. The van der Waals surface area contributed by atoms with Gasteiger partial charge in [-0.05, 0) is 12.1 Å². The number of H-pyrrole nitrogens is 2. The van der Waals surface area contributed by atoms with Crippen molar-refractivity contribution in [3.05, 3.63) is 35.5 Å². The van der Waals surface area contributed by atoms with Crippen LogP contribution in [0.2, 0.25) is 0 Å². The summed E-state index contributed by atoms with van der Waals surface area (Å²) in [5, 5.41) is 28.3. The van der Waals surface area contributed by atoms with Crippen molar-refractivity contribution in [2.45, 2.75) is 0 Å². The van der Waals surface area contributed by atoms with Crippen molar-refractivity contribution < 1.29 is 39.1 Å². The lowest BCUT2D eigenvalue weighted by Gasteiger charge is -2.06. The lowest BCUT2D eigenvalue weighted by atomic mass is 10.0. The first-order chi connectivity index (χ1) is 11.9. The number of aromatic amines is 2. The molecule has 10 heteroatoms. The van der Waals surface area contributed by atoms with Gasteiger partial charge in [0.25, 0.3) is 5.52 Å². The third-order valence-corrected chi connectivity index (χ3v) is 3.85. The molecule has 0 fully saturated rings. The first-order valence-electron chi connectivity index (χ1n) is 6.86. The zero-order valence-corrected chi connectivity index (χ0v) is 12.2. The number of carboxylic acid groups (broad SMARTS) is 3. The van der Waals surface area contributed by atoms with Crippen LogP contribution in [0.4, 0.5) is 0 Å². The van der Waals surface area contributed by atoms with Crippen molar-refractivity contribution in [1.82, 2.24) is 9.97 Å². The number of nitrogens with one attached hydrogen (secondary N) is 2. The number of rotatable bonds is 3. The number of oxazole rings is 1. The molecule has 0 bridgehead atoms. The van der Waals surface area contributed by atoms with Gasteiger partial charge in [0.05, 0.1) is 16.5 Å². The van der Waals surface area contributed by atoms with Crippen LogP contribution in [0.1, 0.15) is 31.3 Å². The maximum atomic E-state index is 11.7. The first-order valence-corrected chi connectivity index (χ1v) is 6.86. The Morgan fingerprint density at radius 3 is 2.48 bits per heavy atom. The summed E-state index contributed by atoms with van der Waals surface area (Å²) in [5.41, 5.74) is -0.167. The van der Waals surface area contributed by atoms with Crippen LogP contribution in [0, 0.1) is 0 Å². The topological polar surface area (TPSA) is 168 Å². The van der Waals surface area contributed by atoms with E-state index in [1.54, 1.807) is 0 Å². The van der Waals surface area contributed by atoms with Crippen LogP contribution in [-0.2, 0) is 0 Å². The molecule has 3 heterocycles. The number of aromatic nitrogens is 3. The van der Waals surface area contributed by atoms with Crippen molar-refractivity contribution in [2.24, 2.45) is 0 Å². The quantitative estimate of drug-likeness (QED) is 0.433. The predicted molar refractivity (Wildman–Crippen MR) is 80.8 cm³/mol. The molecule has 0 spiro atoms. The third-order valence-electron chi connectivity index (χ3n) is 3.85. The largest absolute Gasteiger partial charge is 0.478 e. The molecule has 0 aliphatic heterocycles. The van der Waals surface area contributed by atoms with E-state index in [1.807, 2.05) is 0 Å². The molecule has 1 aromatic carbocycles. The maximum Gasteiger partial charge on any atom is 0.354 e. The smallest absolute Gasteiger partial charge is 0.354 e. The number of fused-ring (bicyclic) bond motifs is 6. The van der Waals surface area contributed by atoms with Crippen LogP contribution in [0.25, 0.3) is 32.9 Å². The average molecular weight is 342 g/mol. The fourth-order valence-corrected chi connectivity index (χ4v) is 2.85. The summed E-state index contributed by atoms with van der Waals surface area (Å²) < 4.78 is 5.33. The Hall–Kier alpha value is -3.95. The summed E-state index contributed by atoms with van der Waals surface area (Å²) in [5.74, 6) is -4.00. The van der Waals surface area contributed by atoms with E-state index in [9.17, 15) is 29.7 Å². The first kappa shape index (κ1) is 14.6. The van der Waals surface area contributed by atoms with E-state index in [1.165, 1.54) is 12.5 Å². The molecule has 3 aromatic heterocycles. The van der Waals surface area contributed by atoms with Crippen LogP contribution >= 0.6 is 0 Å². The number of hydrogen-bond donors (Lipinski definition) is 4. The minimum atomic E-state index is -1.37. The van der Waals surface area contributed by atoms with Gasteiger partial charge in [-0.1, -0.05) is 0 Å². The van der Waals surface area contributed by atoms with Gasteiger partial charge in [0.15, 0.2) is 0 Å². The Labute approximate surface area is 136 Å². The number of nitrogens with zero attached hydrogens (tertiary/aromatic N) is 1. The normalized spacial score (nSPS) is 11.4. The van der Waals surface area contributed by atoms with E-state index in [0.29, 0.717) is 10.9 Å². The van der Waals surface area contributed by atoms with Crippen LogP contribution in [0.5, 0.6) is 0 Å². The van der Waals surface area contributed by atoms with Crippen LogP contribution in [-0.4, -0.2) is 43.2 Å². The van der Waals surface area contributed by atoms with Gasteiger partial charge < -0.3 is 24.7 Å². The highest BCUT2D eigenvalue weighted by Gasteiger charge is 2.26. The zero-order chi connectivity index (χ0) is 17.9. The molecule has 5 N–H and O–H groups in total. The molecule has 4 aromatic rings. The maximum absolute atomic E-state index is 11.7. The molecule has 0 saturated heterocycles. The van der Waals surface area contributed by atoms with Gasteiger partial charge in [-0.15, -0.1) is 0 Å². The summed E-state index contributed by atoms with van der Waals surface area (Å²) in [4.78, 5) is 43.6. The number of carboxylic acids is 3. The molecule has 0 saturated carbocycles. The number of aromatic carboxylic acids is 3. The second-order valence-electron chi connectivity index (χ2n) is 5.25. The number of pyridine rings is 1. The molecule has 10 nitrogen and oxygen atoms in total. The second kappa shape index (κ2) is 4.77. The second-order valence-corrected chi connectivity index (χ2v) is 5.25. The van der Waals surface area contributed by atoms with Crippen LogP contribution in [0.3, 0.4) is 0 Å². The summed E-state index contributed by atoms with van der Waals surface area (Å²) in [6.45, 7) is 0. The lowest BCUT2D eigenvalue weighted by molar-refractivity contribution is -0.353. The molecule has 4 rings (SSSR count). The van der Waals surface area contributed by atoms with Crippen molar-refractivity contribution in [1.29, 1.82) is 0 Å². The van der Waals surface area contributed by atoms with Crippen molar-refractivity contribution in [3.63, 3.8) is 0 Å². The molecule has 0 radical (unpaired) electrons. The molecule has 25 heavy (non-hydrogen) atoms. The molecule has 0 atom stereocenters. The Bertz CT molecular complexity index is 1230. The molecular weight excluding hydrogens is 334 g/mol. The SMILES string of the molecule is O=C(O)c1cc2c(n1)c1c(C(=O)O)cc(C(=O)O)[nH]c1c1[nH+]coc21. The van der Waals surface area contributed by atoms with Crippen LogP contribution in [0.15, 0.2) is 22.9 Å². The molecule has 0 aliphatic carbocycles. The highest BCUT2D eigenvalue weighted by atomic mass is 16.4. The Balaban J connectivity index is 2.33. The van der Waals surface area contributed by atoms with Gasteiger partial charge in [0.2, 0.25) is 5.58 Å². The third kappa shape index (κ3) is 1.94. The standard InChI is InChI=1S/C15H7N3O7/c19-13(20)4-1-6(14(21)22)18-10-8(4)9-5(2-7(17-9)15(23)24)12-11(10)16-3-25-12/h1-3,18H,(H,19,20)(H,21,22)(H,23,24)/p+1. The van der Waals surface area contributed by atoms with Gasteiger partial charge in [-0.2, -0.15) is 4.98 Å². The fraction of sp³-hybridized carbons (Fsp3) is 0.